The van der Waals surface area contributed by atoms with Crippen LogP contribution < -0.4 is 0 Å². The zero-order valence-corrected chi connectivity index (χ0v) is 7.20. The molecule has 56 valence electrons. The molecule has 0 bridgehead atoms. The maximum atomic E-state index is 9.70. The third-order valence-corrected chi connectivity index (χ3v) is 1.04. The van der Waals surface area contributed by atoms with Crippen LogP contribution >= 0.6 is 0 Å². The van der Waals surface area contributed by atoms with Gasteiger partial charge in [0.15, 0.2) is 11.1 Å². The van der Waals surface area contributed by atoms with Crippen molar-refractivity contribution in [3.8, 4) is 0 Å². The maximum Gasteiger partial charge on any atom is 0.151 e. The zero-order valence-electron chi connectivity index (χ0n) is 6.38. The molecule has 1 unspecified atom stereocenters. The molecule has 0 saturated heterocycles. The second-order valence-corrected chi connectivity index (χ2v) is 2.37. The summed E-state index contributed by atoms with van der Waals surface area (Å²) in [6.07, 6.45) is 5.47. The Bertz CT molecular complexity index is 85.1. The summed E-state index contributed by atoms with van der Waals surface area (Å²) in [7, 11) is 1.40. The standard InChI is InChI=1S/C4H8.C2H6O2S/c1-3-4-2;1-4-5(2)3/h3-4H,1-2H3;1-2H3. The van der Waals surface area contributed by atoms with E-state index in [1.54, 1.807) is 0 Å². The lowest BCUT2D eigenvalue weighted by Crippen LogP contribution is -1.83. The van der Waals surface area contributed by atoms with Gasteiger partial charge >= 0.3 is 0 Å². The van der Waals surface area contributed by atoms with Crippen LogP contribution in [0.4, 0.5) is 0 Å². The van der Waals surface area contributed by atoms with Gasteiger partial charge in [0.05, 0.1) is 7.11 Å². The summed E-state index contributed by atoms with van der Waals surface area (Å²) in [5.74, 6) is 0. The number of allylic oxidation sites excluding steroid dienone is 2. The molecule has 0 saturated carbocycles. The first-order valence-corrected chi connectivity index (χ1v) is 4.12. The van der Waals surface area contributed by atoms with Crippen LogP contribution in [0.3, 0.4) is 0 Å². The van der Waals surface area contributed by atoms with E-state index in [0.29, 0.717) is 0 Å². The molecule has 3 heteroatoms. The predicted octanol–water partition coefficient (Wildman–Crippen LogP) is 1.51. The molecular formula is C6H14O2S. The summed E-state index contributed by atoms with van der Waals surface area (Å²) in [6, 6.07) is 0. The highest BCUT2D eigenvalue weighted by Gasteiger charge is 1.72. The van der Waals surface area contributed by atoms with Crippen LogP contribution in [0.5, 0.6) is 0 Å². The van der Waals surface area contributed by atoms with E-state index in [9.17, 15) is 4.21 Å². The van der Waals surface area contributed by atoms with Crippen molar-refractivity contribution in [1.82, 2.24) is 0 Å². The van der Waals surface area contributed by atoms with E-state index in [1.165, 1.54) is 13.4 Å². The number of hydrogen-bond acceptors (Lipinski definition) is 2. The molecule has 0 spiro atoms. The zero-order chi connectivity index (χ0) is 7.70. The average Bonchev–Trinajstić information content (AvgIpc) is 1.89. The smallest absolute Gasteiger partial charge is 0.151 e. The summed E-state index contributed by atoms with van der Waals surface area (Å²) in [4.78, 5) is 0. The molecule has 0 fully saturated rings. The van der Waals surface area contributed by atoms with Crippen molar-refractivity contribution in [2.24, 2.45) is 0 Å². The third kappa shape index (κ3) is 33.1. The van der Waals surface area contributed by atoms with Crippen LogP contribution in [0.15, 0.2) is 12.2 Å². The highest BCUT2D eigenvalue weighted by atomic mass is 32.2. The molecule has 9 heavy (non-hydrogen) atoms. The fourth-order valence-corrected chi connectivity index (χ4v) is 0. The van der Waals surface area contributed by atoms with E-state index in [1.807, 2.05) is 26.0 Å². The second kappa shape index (κ2) is 10.8. The fraction of sp³-hybridized carbons (Fsp3) is 0.667. The van der Waals surface area contributed by atoms with Gasteiger partial charge in [0, 0.05) is 6.26 Å². The first-order valence-electron chi connectivity index (χ1n) is 2.64. The first kappa shape index (κ1) is 11.6. The largest absolute Gasteiger partial charge is 0.294 e. The van der Waals surface area contributed by atoms with E-state index in [4.69, 9.17) is 0 Å². The Balaban J connectivity index is 0. The summed E-state index contributed by atoms with van der Waals surface area (Å²) >= 11 is -1.07. The van der Waals surface area contributed by atoms with E-state index in [-0.39, 0.29) is 0 Å². The first-order chi connectivity index (χ1) is 4.18. The molecular weight excluding hydrogens is 136 g/mol. The van der Waals surface area contributed by atoms with Crippen molar-refractivity contribution in [1.29, 1.82) is 0 Å². The predicted molar refractivity (Wildman–Crippen MR) is 41.6 cm³/mol. The molecule has 1 atom stereocenters. The minimum Gasteiger partial charge on any atom is -0.294 e. The number of rotatable bonds is 1. The highest BCUT2D eigenvalue weighted by Crippen LogP contribution is 1.65. The van der Waals surface area contributed by atoms with E-state index < -0.39 is 11.1 Å². The van der Waals surface area contributed by atoms with Crippen LogP contribution in [0.1, 0.15) is 13.8 Å². The minimum atomic E-state index is -1.07. The second-order valence-electron chi connectivity index (χ2n) is 1.23. The maximum absolute atomic E-state index is 9.70. The average molecular weight is 150 g/mol. The lowest BCUT2D eigenvalue weighted by atomic mass is 10.6. The van der Waals surface area contributed by atoms with Crippen molar-refractivity contribution < 1.29 is 8.39 Å². The van der Waals surface area contributed by atoms with Crippen LogP contribution in [0, 0.1) is 0 Å². The topological polar surface area (TPSA) is 26.3 Å². The molecule has 0 radical (unpaired) electrons. The Hall–Kier alpha value is -0.150. The van der Waals surface area contributed by atoms with E-state index in [2.05, 4.69) is 4.18 Å². The van der Waals surface area contributed by atoms with Gasteiger partial charge in [0.2, 0.25) is 0 Å². The Labute approximate surface area is 59.6 Å². The van der Waals surface area contributed by atoms with Gasteiger partial charge in [-0.1, -0.05) is 12.2 Å². The van der Waals surface area contributed by atoms with E-state index >= 15 is 0 Å². The lowest BCUT2D eigenvalue weighted by Gasteiger charge is -1.78. The molecule has 0 aromatic carbocycles. The summed E-state index contributed by atoms with van der Waals surface area (Å²) in [5.41, 5.74) is 0. The molecule has 0 aliphatic carbocycles. The molecule has 0 amide bonds. The van der Waals surface area contributed by atoms with Gasteiger partial charge in [-0.05, 0) is 13.8 Å². The molecule has 0 aromatic heterocycles. The third-order valence-electron chi connectivity index (χ3n) is 0.568. The van der Waals surface area contributed by atoms with Crippen molar-refractivity contribution in [3.63, 3.8) is 0 Å². The molecule has 2 nitrogen and oxygen atoms in total. The van der Waals surface area contributed by atoms with Gasteiger partial charge in [0.25, 0.3) is 0 Å². The highest BCUT2D eigenvalue weighted by molar-refractivity contribution is 7.79. The lowest BCUT2D eigenvalue weighted by molar-refractivity contribution is 0.450. The van der Waals surface area contributed by atoms with Crippen LogP contribution in [-0.4, -0.2) is 17.6 Å². The van der Waals surface area contributed by atoms with Gasteiger partial charge < -0.3 is 0 Å². The summed E-state index contributed by atoms with van der Waals surface area (Å²) in [5, 5.41) is 0. The number of hydrogen-bond donors (Lipinski definition) is 0. The molecule has 0 aliphatic heterocycles. The van der Waals surface area contributed by atoms with Crippen molar-refractivity contribution in [2.45, 2.75) is 13.8 Å². The monoisotopic (exact) mass is 150 g/mol. The van der Waals surface area contributed by atoms with Crippen molar-refractivity contribution in [3.05, 3.63) is 12.2 Å². The van der Waals surface area contributed by atoms with Gasteiger partial charge in [-0.15, -0.1) is 0 Å². The Morgan fingerprint density at radius 1 is 1.33 bits per heavy atom. The van der Waals surface area contributed by atoms with Gasteiger partial charge in [-0.3, -0.25) is 4.18 Å². The van der Waals surface area contributed by atoms with Crippen molar-refractivity contribution in [2.75, 3.05) is 13.4 Å². The SMILES string of the molecule is CC=CC.COS(C)=O. The quantitative estimate of drug-likeness (QED) is 0.530. The normalized spacial score (nSPS) is 12.4. The van der Waals surface area contributed by atoms with Crippen molar-refractivity contribution >= 4 is 11.1 Å². The molecule has 0 aromatic rings. The van der Waals surface area contributed by atoms with E-state index in [0.717, 1.165) is 0 Å². The Kier molecular flexibility index (Phi) is 13.9. The Morgan fingerprint density at radius 2 is 1.56 bits per heavy atom. The summed E-state index contributed by atoms with van der Waals surface area (Å²) < 4.78 is 13.9. The Morgan fingerprint density at radius 3 is 1.56 bits per heavy atom. The van der Waals surface area contributed by atoms with Gasteiger partial charge in [-0.2, -0.15) is 0 Å². The fourth-order valence-electron chi connectivity index (χ4n) is 0. The van der Waals surface area contributed by atoms with Gasteiger partial charge in [-0.25, -0.2) is 4.21 Å². The van der Waals surface area contributed by atoms with Crippen LogP contribution in [0.25, 0.3) is 0 Å². The van der Waals surface area contributed by atoms with Crippen LogP contribution in [-0.2, 0) is 15.3 Å². The molecule has 0 heterocycles. The van der Waals surface area contributed by atoms with Gasteiger partial charge in [0.1, 0.15) is 0 Å². The molecule has 0 rings (SSSR count). The molecule has 0 aliphatic rings. The summed E-state index contributed by atoms with van der Waals surface area (Å²) in [6.45, 7) is 4.00. The minimum absolute atomic E-state index is 1.07. The molecule has 0 N–H and O–H groups in total. The van der Waals surface area contributed by atoms with Crippen LogP contribution in [0.2, 0.25) is 0 Å².